The van der Waals surface area contributed by atoms with Crippen molar-refractivity contribution in [3.05, 3.63) is 64.5 Å². The molecule has 0 saturated heterocycles. The molecule has 3 heterocycles. The van der Waals surface area contributed by atoms with Crippen LogP contribution >= 0.6 is 11.6 Å². The summed E-state index contributed by atoms with van der Waals surface area (Å²) in [5, 5.41) is 8.51. The third kappa shape index (κ3) is 4.77. The number of hydrogen-bond acceptors (Lipinski definition) is 4. The first-order chi connectivity index (χ1) is 18.3. The molecule has 1 aliphatic rings. The minimum absolute atomic E-state index is 0.0671. The van der Waals surface area contributed by atoms with Crippen LogP contribution in [0.25, 0.3) is 22.2 Å². The van der Waals surface area contributed by atoms with E-state index < -0.39 is 5.82 Å². The fourth-order valence-corrected chi connectivity index (χ4v) is 6.17. The standard InChI is InChI=1S/C29H33ClFN5O2/c1-16(27-25(38-4)10-9-24(31)28(27)30)22-14-34-29-21(22)12-19(13-33-29)23-15-35-36(17(23)2)20-7-5-18(6-8-20)11-26(37)32-3/h9-10,12-16,18,20H,5-8,11H2,1-4H3,(H,32,37)(H,33,34)/t16-,18?,20?/m0/s1. The van der Waals surface area contributed by atoms with E-state index in [2.05, 4.69) is 33.0 Å². The van der Waals surface area contributed by atoms with Crippen LogP contribution < -0.4 is 10.1 Å². The lowest BCUT2D eigenvalue weighted by atomic mass is 9.84. The Labute approximate surface area is 226 Å². The molecule has 0 radical (unpaired) electrons. The van der Waals surface area contributed by atoms with Gasteiger partial charge in [-0.2, -0.15) is 5.10 Å². The van der Waals surface area contributed by atoms with Gasteiger partial charge in [0.25, 0.3) is 0 Å². The molecule has 0 spiro atoms. The molecule has 3 aromatic heterocycles. The topological polar surface area (TPSA) is 84.8 Å². The molecular weight excluding hydrogens is 505 g/mol. The number of hydrogen-bond donors (Lipinski definition) is 2. The molecule has 1 atom stereocenters. The number of fused-ring (bicyclic) bond motifs is 1. The third-order valence-electron chi connectivity index (χ3n) is 8.05. The van der Waals surface area contributed by atoms with Crippen LogP contribution in [-0.4, -0.2) is 39.8 Å². The summed E-state index contributed by atoms with van der Waals surface area (Å²) in [5.41, 5.74) is 5.42. The number of pyridine rings is 1. The molecule has 0 unspecified atom stereocenters. The predicted octanol–water partition coefficient (Wildman–Crippen LogP) is 6.56. The van der Waals surface area contributed by atoms with E-state index in [0.717, 1.165) is 59.1 Å². The van der Waals surface area contributed by atoms with Crippen molar-refractivity contribution in [3.8, 4) is 16.9 Å². The zero-order chi connectivity index (χ0) is 27.0. The number of ether oxygens (including phenoxy) is 1. The van der Waals surface area contributed by atoms with Crippen molar-refractivity contribution >= 4 is 28.5 Å². The van der Waals surface area contributed by atoms with Crippen molar-refractivity contribution < 1.29 is 13.9 Å². The number of halogens is 2. The second-order valence-electron chi connectivity index (χ2n) is 10.2. The summed E-state index contributed by atoms with van der Waals surface area (Å²) in [6.07, 6.45) is 10.3. The summed E-state index contributed by atoms with van der Waals surface area (Å²) in [4.78, 5) is 19.7. The number of carbonyl (C=O) groups excluding carboxylic acids is 1. The normalized spacial score (nSPS) is 18.5. The quantitative estimate of drug-likeness (QED) is 0.280. The van der Waals surface area contributed by atoms with Gasteiger partial charge in [0.1, 0.15) is 17.2 Å². The minimum atomic E-state index is -0.473. The average molecular weight is 538 g/mol. The van der Waals surface area contributed by atoms with Crippen molar-refractivity contribution in [3.63, 3.8) is 0 Å². The monoisotopic (exact) mass is 537 g/mol. The van der Waals surface area contributed by atoms with E-state index in [1.807, 2.05) is 25.5 Å². The minimum Gasteiger partial charge on any atom is -0.496 e. The maximum Gasteiger partial charge on any atom is 0.220 e. The zero-order valence-electron chi connectivity index (χ0n) is 22.1. The lowest BCUT2D eigenvalue weighted by Gasteiger charge is -2.29. The molecule has 38 heavy (non-hydrogen) atoms. The fraction of sp³-hybridized carbons (Fsp3) is 0.414. The number of carbonyl (C=O) groups is 1. The Bertz CT molecular complexity index is 1470. The van der Waals surface area contributed by atoms with E-state index in [9.17, 15) is 9.18 Å². The Morgan fingerprint density at radius 1 is 1.29 bits per heavy atom. The Kier molecular flexibility index (Phi) is 7.43. The number of methoxy groups -OCH3 is 1. The summed E-state index contributed by atoms with van der Waals surface area (Å²) in [6.45, 7) is 4.09. The molecule has 9 heteroatoms. The Morgan fingerprint density at radius 2 is 2.05 bits per heavy atom. The van der Waals surface area contributed by atoms with Crippen LogP contribution in [0.15, 0.2) is 36.8 Å². The van der Waals surface area contributed by atoms with E-state index in [4.69, 9.17) is 21.4 Å². The molecule has 7 nitrogen and oxygen atoms in total. The van der Waals surface area contributed by atoms with E-state index in [0.29, 0.717) is 29.7 Å². The molecule has 2 N–H and O–H groups in total. The van der Waals surface area contributed by atoms with Crippen molar-refractivity contribution in [2.45, 2.75) is 57.9 Å². The molecule has 1 saturated carbocycles. The predicted molar refractivity (Wildman–Crippen MR) is 147 cm³/mol. The van der Waals surface area contributed by atoms with Gasteiger partial charge >= 0.3 is 0 Å². The Morgan fingerprint density at radius 3 is 2.76 bits per heavy atom. The van der Waals surface area contributed by atoms with E-state index >= 15 is 0 Å². The maximum absolute atomic E-state index is 14.4. The van der Waals surface area contributed by atoms with E-state index in [1.54, 1.807) is 20.2 Å². The third-order valence-corrected chi connectivity index (χ3v) is 8.43. The SMILES string of the molecule is CNC(=O)CC1CCC(n2ncc(-c3cnc4[nH]cc([C@H](C)c5c(OC)ccc(F)c5Cl)c4c3)c2C)CC1. The lowest BCUT2D eigenvalue weighted by Crippen LogP contribution is -2.25. The van der Waals surface area contributed by atoms with Crippen LogP contribution in [-0.2, 0) is 4.79 Å². The molecule has 1 aliphatic carbocycles. The highest BCUT2D eigenvalue weighted by Crippen LogP contribution is 2.41. The van der Waals surface area contributed by atoms with Gasteiger partial charge in [0, 0.05) is 59.6 Å². The summed E-state index contributed by atoms with van der Waals surface area (Å²) >= 11 is 6.39. The van der Waals surface area contributed by atoms with Crippen LogP contribution in [0.4, 0.5) is 4.39 Å². The number of benzene rings is 1. The van der Waals surface area contributed by atoms with Crippen molar-refractivity contribution in [1.29, 1.82) is 0 Å². The summed E-state index contributed by atoms with van der Waals surface area (Å²) < 4.78 is 22.0. The first-order valence-corrected chi connectivity index (χ1v) is 13.4. The first-order valence-electron chi connectivity index (χ1n) is 13.1. The summed E-state index contributed by atoms with van der Waals surface area (Å²) in [6, 6.07) is 5.36. The van der Waals surface area contributed by atoms with Crippen molar-refractivity contribution in [2.75, 3.05) is 14.2 Å². The number of rotatable bonds is 7. The van der Waals surface area contributed by atoms with Crippen LogP contribution in [0.5, 0.6) is 5.75 Å². The molecule has 0 bridgehead atoms. The first kappa shape index (κ1) is 26.2. The lowest BCUT2D eigenvalue weighted by molar-refractivity contribution is -0.121. The molecule has 0 aliphatic heterocycles. The molecular formula is C29H33ClFN5O2. The van der Waals surface area contributed by atoms with E-state index in [-0.39, 0.29) is 16.8 Å². The number of amides is 1. The van der Waals surface area contributed by atoms with Gasteiger partial charge in [0.15, 0.2) is 0 Å². The number of nitrogens with zero attached hydrogens (tertiary/aromatic N) is 3. The molecule has 1 fully saturated rings. The van der Waals surface area contributed by atoms with Gasteiger partial charge in [-0.25, -0.2) is 9.37 Å². The number of aromatic amines is 1. The van der Waals surface area contributed by atoms with Gasteiger partial charge in [0.2, 0.25) is 5.91 Å². The number of H-pyrrole nitrogens is 1. The number of nitrogens with one attached hydrogen (secondary N) is 2. The second kappa shape index (κ2) is 10.8. The molecule has 4 aromatic rings. The summed E-state index contributed by atoms with van der Waals surface area (Å²) in [5.74, 6) is 0.397. The molecule has 1 amide bonds. The average Bonchev–Trinajstić information content (AvgIpc) is 3.53. The van der Waals surface area contributed by atoms with Gasteiger partial charge in [-0.1, -0.05) is 18.5 Å². The smallest absolute Gasteiger partial charge is 0.220 e. The highest BCUT2D eigenvalue weighted by Gasteiger charge is 2.27. The van der Waals surface area contributed by atoms with Crippen LogP contribution in [0.2, 0.25) is 5.02 Å². The van der Waals surface area contributed by atoms with Crippen LogP contribution in [0.3, 0.4) is 0 Å². The second-order valence-corrected chi connectivity index (χ2v) is 10.6. The van der Waals surface area contributed by atoms with Gasteiger partial charge in [0.05, 0.1) is 24.4 Å². The highest BCUT2D eigenvalue weighted by atomic mass is 35.5. The van der Waals surface area contributed by atoms with Crippen LogP contribution in [0.1, 0.15) is 67.8 Å². The highest BCUT2D eigenvalue weighted by molar-refractivity contribution is 6.31. The van der Waals surface area contributed by atoms with E-state index in [1.165, 1.54) is 6.07 Å². The van der Waals surface area contributed by atoms with Gasteiger partial charge < -0.3 is 15.0 Å². The van der Waals surface area contributed by atoms with Crippen LogP contribution in [0, 0.1) is 18.7 Å². The van der Waals surface area contributed by atoms with Crippen molar-refractivity contribution in [2.24, 2.45) is 5.92 Å². The molecule has 5 rings (SSSR count). The van der Waals surface area contributed by atoms with Gasteiger partial charge in [-0.3, -0.25) is 9.48 Å². The zero-order valence-corrected chi connectivity index (χ0v) is 22.9. The molecule has 1 aromatic carbocycles. The van der Waals surface area contributed by atoms with Gasteiger partial charge in [-0.05, 0) is 62.3 Å². The fourth-order valence-electron chi connectivity index (χ4n) is 5.85. The van der Waals surface area contributed by atoms with Gasteiger partial charge in [-0.15, -0.1) is 0 Å². The number of aromatic nitrogens is 4. The maximum atomic E-state index is 14.4. The molecule has 200 valence electrons. The Hall–Kier alpha value is -3.39. The van der Waals surface area contributed by atoms with Crippen molar-refractivity contribution in [1.82, 2.24) is 25.1 Å². The Balaban J connectivity index is 1.43. The largest absolute Gasteiger partial charge is 0.496 e. The summed E-state index contributed by atoms with van der Waals surface area (Å²) in [7, 11) is 3.25.